The molecular formula is C14H14N4O2S. The Bertz CT molecular complexity index is 806. The van der Waals surface area contributed by atoms with E-state index in [9.17, 15) is 8.42 Å². The SMILES string of the molecule is CN(C)S(=O)(=O)c1ccc(-c2ccc(C#N)c(N)n2)cc1. The predicted molar refractivity (Wildman–Crippen MR) is 79.7 cm³/mol. The molecule has 21 heavy (non-hydrogen) atoms. The largest absolute Gasteiger partial charge is 0.383 e. The van der Waals surface area contributed by atoms with E-state index >= 15 is 0 Å². The minimum Gasteiger partial charge on any atom is -0.383 e. The van der Waals surface area contributed by atoms with Crippen molar-refractivity contribution in [1.29, 1.82) is 5.26 Å². The van der Waals surface area contributed by atoms with E-state index in [1.54, 1.807) is 24.3 Å². The van der Waals surface area contributed by atoms with Gasteiger partial charge in [0, 0.05) is 19.7 Å². The number of anilines is 1. The highest BCUT2D eigenvalue weighted by Crippen LogP contribution is 2.22. The van der Waals surface area contributed by atoms with Gasteiger partial charge in [0.15, 0.2) is 0 Å². The number of rotatable bonds is 3. The van der Waals surface area contributed by atoms with Crippen LogP contribution in [0.25, 0.3) is 11.3 Å². The summed E-state index contributed by atoms with van der Waals surface area (Å²) in [7, 11) is -0.493. The fourth-order valence-electron chi connectivity index (χ4n) is 1.74. The van der Waals surface area contributed by atoms with E-state index in [-0.39, 0.29) is 10.7 Å². The fraction of sp³-hybridized carbons (Fsp3) is 0.143. The molecule has 0 aliphatic heterocycles. The van der Waals surface area contributed by atoms with Gasteiger partial charge in [0.05, 0.1) is 16.2 Å². The third-order valence-corrected chi connectivity index (χ3v) is 4.80. The second kappa shape index (κ2) is 5.52. The first-order valence-electron chi connectivity index (χ1n) is 6.06. The molecule has 0 saturated carbocycles. The Labute approximate surface area is 123 Å². The molecule has 0 fully saturated rings. The Morgan fingerprint density at radius 2 is 1.76 bits per heavy atom. The molecule has 0 aliphatic carbocycles. The minimum atomic E-state index is -3.45. The van der Waals surface area contributed by atoms with Crippen molar-refractivity contribution in [2.24, 2.45) is 0 Å². The van der Waals surface area contributed by atoms with Gasteiger partial charge in [0.1, 0.15) is 11.9 Å². The van der Waals surface area contributed by atoms with E-state index in [2.05, 4.69) is 4.98 Å². The molecule has 0 saturated heterocycles. The molecule has 0 atom stereocenters. The second-order valence-corrected chi connectivity index (χ2v) is 6.70. The van der Waals surface area contributed by atoms with Crippen molar-refractivity contribution in [3.63, 3.8) is 0 Å². The molecule has 0 bridgehead atoms. The van der Waals surface area contributed by atoms with Crippen molar-refractivity contribution < 1.29 is 8.42 Å². The van der Waals surface area contributed by atoms with Gasteiger partial charge in [0.2, 0.25) is 10.0 Å². The lowest BCUT2D eigenvalue weighted by molar-refractivity contribution is 0.521. The number of nitrogens with zero attached hydrogens (tertiary/aromatic N) is 3. The number of sulfonamides is 1. The van der Waals surface area contributed by atoms with Gasteiger partial charge in [-0.25, -0.2) is 17.7 Å². The Balaban J connectivity index is 2.41. The summed E-state index contributed by atoms with van der Waals surface area (Å²) in [4.78, 5) is 4.34. The first-order valence-corrected chi connectivity index (χ1v) is 7.50. The average molecular weight is 302 g/mol. The molecular weight excluding hydrogens is 288 g/mol. The Morgan fingerprint density at radius 3 is 2.24 bits per heavy atom. The number of benzene rings is 1. The molecule has 2 aromatic rings. The first-order chi connectivity index (χ1) is 9.86. The minimum absolute atomic E-state index is 0.153. The number of nitrogen functional groups attached to an aromatic ring is 1. The Morgan fingerprint density at radius 1 is 1.14 bits per heavy atom. The molecule has 0 radical (unpaired) electrons. The third kappa shape index (κ3) is 2.86. The van der Waals surface area contributed by atoms with Crippen LogP contribution in [0.5, 0.6) is 0 Å². The van der Waals surface area contributed by atoms with Gasteiger partial charge in [-0.1, -0.05) is 12.1 Å². The molecule has 0 spiro atoms. The third-order valence-electron chi connectivity index (χ3n) is 2.97. The summed E-state index contributed by atoms with van der Waals surface area (Å²) in [5.74, 6) is 0.153. The van der Waals surface area contributed by atoms with Crippen molar-refractivity contribution in [2.45, 2.75) is 4.90 Å². The van der Waals surface area contributed by atoms with Gasteiger partial charge >= 0.3 is 0 Å². The average Bonchev–Trinajstić information content (AvgIpc) is 2.47. The zero-order valence-electron chi connectivity index (χ0n) is 11.6. The van der Waals surface area contributed by atoms with Crippen LogP contribution in [0.2, 0.25) is 0 Å². The zero-order chi connectivity index (χ0) is 15.6. The van der Waals surface area contributed by atoms with Gasteiger partial charge in [0.25, 0.3) is 0 Å². The van der Waals surface area contributed by atoms with Gasteiger partial charge in [-0.2, -0.15) is 5.26 Å². The van der Waals surface area contributed by atoms with Crippen LogP contribution < -0.4 is 5.73 Å². The molecule has 108 valence electrons. The van der Waals surface area contributed by atoms with Crippen LogP contribution in [-0.4, -0.2) is 31.8 Å². The standard InChI is InChI=1S/C14H14N4O2S/c1-18(2)21(19,20)12-6-3-10(4-7-12)13-8-5-11(9-15)14(16)17-13/h3-8H,1-2H3,(H2,16,17). The molecule has 1 heterocycles. The summed E-state index contributed by atoms with van der Waals surface area (Å²) in [6, 6.07) is 11.5. The summed E-state index contributed by atoms with van der Waals surface area (Å²) in [5.41, 5.74) is 7.29. The van der Waals surface area contributed by atoms with E-state index in [4.69, 9.17) is 11.0 Å². The maximum atomic E-state index is 12.0. The maximum Gasteiger partial charge on any atom is 0.242 e. The number of nitriles is 1. The summed E-state index contributed by atoms with van der Waals surface area (Å²) >= 11 is 0. The van der Waals surface area contributed by atoms with Crippen LogP contribution in [0.15, 0.2) is 41.3 Å². The lowest BCUT2D eigenvalue weighted by atomic mass is 10.1. The molecule has 0 amide bonds. The number of pyridine rings is 1. The van der Waals surface area contributed by atoms with Crippen molar-refractivity contribution in [3.8, 4) is 17.3 Å². The topological polar surface area (TPSA) is 100 Å². The van der Waals surface area contributed by atoms with E-state index in [1.165, 1.54) is 26.2 Å². The molecule has 7 heteroatoms. The van der Waals surface area contributed by atoms with Crippen LogP contribution in [-0.2, 0) is 10.0 Å². The normalized spacial score (nSPS) is 11.3. The van der Waals surface area contributed by atoms with Crippen LogP contribution in [0.4, 0.5) is 5.82 Å². The van der Waals surface area contributed by atoms with Gasteiger partial charge in [-0.05, 0) is 24.3 Å². The highest BCUT2D eigenvalue weighted by molar-refractivity contribution is 7.89. The zero-order valence-corrected chi connectivity index (χ0v) is 12.4. The number of hydrogen-bond donors (Lipinski definition) is 1. The first kappa shape index (κ1) is 15.0. The van der Waals surface area contributed by atoms with Gasteiger partial charge in [-0.15, -0.1) is 0 Å². The monoisotopic (exact) mass is 302 g/mol. The summed E-state index contributed by atoms with van der Waals surface area (Å²) in [6.45, 7) is 0. The van der Waals surface area contributed by atoms with E-state index in [0.717, 1.165) is 9.87 Å². The summed E-state index contributed by atoms with van der Waals surface area (Å²) in [6.07, 6.45) is 0. The quantitative estimate of drug-likeness (QED) is 0.925. The number of nitrogens with two attached hydrogens (primary N) is 1. The lowest BCUT2D eigenvalue weighted by Crippen LogP contribution is -2.22. The van der Waals surface area contributed by atoms with Gasteiger partial charge < -0.3 is 5.73 Å². The van der Waals surface area contributed by atoms with E-state index in [1.807, 2.05) is 6.07 Å². The van der Waals surface area contributed by atoms with E-state index < -0.39 is 10.0 Å². The molecule has 0 unspecified atom stereocenters. The number of aromatic nitrogens is 1. The Hall–Kier alpha value is -2.43. The van der Waals surface area contributed by atoms with Crippen LogP contribution in [0, 0.1) is 11.3 Å². The predicted octanol–water partition coefficient (Wildman–Crippen LogP) is 1.45. The van der Waals surface area contributed by atoms with Crippen LogP contribution in [0.3, 0.4) is 0 Å². The lowest BCUT2D eigenvalue weighted by Gasteiger charge is -2.11. The highest BCUT2D eigenvalue weighted by atomic mass is 32.2. The molecule has 1 aromatic carbocycles. The molecule has 1 aromatic heterocycles. The van der Waals surface area contributed by atoms with Crippen LogP contribution >= 0.6 is 0 Å². The molecule has 2 N–H and O–H groups in total. The van der Waals surface area contributed by atoms with Crippen molar-refractivity contribution in [3.05, 3.63) is 42.0 Å². The summed E-state index contributed by atoms with van der Waals surface area (Å²) < 4.78 is 25.1. The second-order valence-electron chi connectivity index (χ2n) is 4.55. The fourth-order valence-corrected chi connectivity index (χ4v) is 2.64. The number of hydrogen-bond acceptors (Lipinski definition) is 5. The molecule has 0 aliphatic rings. The van der Waals surface area contributed by atoms with Crippen molar-refractivity contribution in [2.75, 3.05) is 19.8 Å². The van der Waals surface area contributed by atoms with Gasteiger partial charge in [-0.3, -0.25) is 0 Å². The molecule has 2 rings (SSSR count). The van der Waals surface area contributed by atoms with Crippen molar-refractivity contribution >= 4 is 15.8 Å². The maximum absolute atomic E-state index is 12.0. The summed E-state index contributed by atoms with van der Waals surface area (Å²) in [5, 5.41) is 8.82. The van der Waals surface area contributed by atoms with Crippen molar-refractivity contribution in [1.82, 2.24) is 9.29 Å². The molecule has 6 nitrogen and oxygen atoms in total. The Kier molecular flexibility index (Phi) is 3.93. The van der Waals surface area contributed by atoms with E-state index in [0.29, 0.717) is 11.3 Å². The van der Waals surface area contributed by atoms with Crippen LogP contribution in [0.1, 0.15) is 5.56 Å². The highest BCUT2D eigenvalue weighted by Gasteiger charge is 2.16. The smallest absolute Gasteiger partial charge is 0.242 e.